The van der Waals surface area contributed by atoms with Crippen LogP contribution in [-0.4, -0.2) is 45.0 Å². The van der Waals surface area contributed by atoms with Gasteiger partial charge in [0.25, 0.3) is 0 Å². The van der Waals surface area contributed by atoms with Crippen molar-refractivity contribution in [1.82, 2.24) is 4.90 Å². The van der Waals surface area contributed by atoms with E-state index in [-0.39, 0.29) is 0 Å². The molecular weight excluding hydrogens is 190 g/mol. The minimum Gasteiger partial charge on any atom is -0.480 e. The molecule has 0 saturated heterocycles. The molecule has 0 aromatic carbocycles. The van der Waals surface area contributed by atoms with Crippen LogP contribution in [0.1, 0.15) is 20.8 Å². The van der Waals surface area contributed by atoms with E-state index in [9.17, 15) is 14.4 Å². The molecule has 0 bridgehead atoms. The smallest absolute Gasteiger partial charge is 0.329 e. The maximum absolute atomic E-state index is 11.0. The molecule has 0 radical (unpaired) electrons. The number of nitrogens with zero attached hydrogens (tertiary/aromatic N) is 1. The number of aliphatic carboxylic acids is 1. The van der Waals surface area contributed by atoms with Crippen molar-refractivity contribution in [2.75, 3.05) is 0 Å². The molecule has 14 heavy (non-hydrogen) atoms. The van der Waals surface area contributed by atoms with Gasteiger partial charge in [0, 0.05) is 13.8 Å². The lowest BCUT2D eigenvalue weighted by Gasteiger charge is -2.26. The molecule has 0 aromatic rings. The summed E-state index contributed by atoms with van der Waals surface area (Å²) in [6.45, 7) is 3.34. The van der Waals surface area contributed by atoms with Crippen LogP contribution in [-0.2, 0) is 14.4 Å². The Morgan fingerprint density at radius 3 is 1.57 bits per heavy atom. The number of hydrogen-bond donors (Lipinski definition) is 2. The zero-order valence-corrected chi connectivity index (χ0v) is 8.22. The van der Waals surface area contributed by atoms with Gasteiger partial charge in [-0.1, -0.05) is 0 Å². The first-order valence-corrected chi connectivity index (χ1v) is 4.00. The minimum atomic E-state index is -1.52. The van der Waals surface area contributed by atoms with Crippen LogP contribution in [0.4, 0.5) is 0 Å². The molecule has 6 nitrogen and oxygen atoms in total. The number of carboxylic acids is 1. The van der Waals surface area contributed by atoms with Gasteiger partial charge in [0.15, 0.2) is 6.04 Å². The maximum atomic E-state index is 11.0. The van der Waals surface area contributed by atoms with Gasteiger partial charge in [-0.3, -0.25) is 14.5 Å². The summed E-state index contributed by atoms with van der Waals surface area (Å²) in [6, 6.07) is -1.52. The van der Waals surface area contributed by atoms with Crippen molar-refractivity contribution in [3.05, 3.63) is 0 Å². The zero-order valence-electron chi connectivity index (χ0n) is 8.22. The fourth-order valence-corrected chi connectivity index (χ4v) is 1.15. The van der Waals surface area contributed by atoms with Gasteiger partial charge in [0.05, 0.1) is 6.10 Å². The van der Waals surface area contributed by atoms with Gasteiger partial charge in [-0.05, 0) is 6.92 Å². The third kappa shape index (κ3) is 2.81. The third-order valence-corrected chi connectivity index (χ3v) is 1.67. The van der Waals surface area contributed by atoms with E-state index in [1.807, 2.05) is 0 Å². The van der Waals surface area contributed by atoms with E-state index < -0.39 is 29.9 Å². The molecule has 2 unspecified atom stereocenters. The van der Waals surface area contributed by atoms with Crippen molar-refractivity contribution in [2.24, 2.45) is 0 Å². The number of aliphatic hydroxyl groups excluding tert-OH is 1. The Morgan fingerprint density at radius 2 is 1.50 bits per heavy atom. The van der Waals surface area contributed by atoms with Crippen LogP contribution in [0.3, 0.4) is 0 Å². The summed E-state index contributed by atoms with van der Waals surface area (Å²) in [5.41, 5.74) is 0. The Balaban J connectivity index is 5.03. The predicted molar refractivity (Wildman–Crippen MR) is 46.3 cm³/mol. The Bertz CT molecular complexity index is 246. The van der Waals surface area contributed by atoms with E-state index in [1.54, 1.807) is 0 Å². The lowest BCUT2D eigenvalue weighted by Crippen LogP contribution is -2.52. The number of carbonyl (C=O) groups excluding carboxylic acids is 2. The van der Waals surface area contributed by atoms with Crippen LogP contribution >= 0.6 is 0 Å². The second kappa shape index (κ2) is 4.71. The molecule has 0 heterocycles. The zero-order chi connectivity index (χ0) is 11.5. The molecule has 0 aromatic heterocycles. The molecule has 0 aliphatic rings. The van der Waals surface area contributed by atoms with Crippen molar-refractivity contribution >= 4 is 17.8 Å². The van der Waals surface area contributed by atoms with Crippen molar-refractivity contribution in [1.29, 1.82) is 0 Å². The van der Waals surface area contributed by atoms with Crippen LogP contribution in [0.25, 0.3) is 0 Å². The van der Waals surface area contributed by atoms with Gasteiger partial charge in [0.2, 0.25) is 11.8 Å². The molecule has 0 saturated carbocycles. The van der Waals surface area contributed by atoms with Gasteiger partial charge in [-0.2, -0.15) is 0 Å². The summed E-state index contributed by atoms with van der Waals surface area (Å²) in [5.74, 6) is -2.82. The summed E-state index contributed by atoms with van der Waals surface area (Å²) in [6.07, 6.45) is -1.31. The predicted octanol–water partition coefficient (Wildman–Crippen LogP) is -0.785. The van der Waals surface area contributed by atoms with Crippen LogP contribution in [0, 0.1) is 0 Å². The molecule has 0 fully saturated rings. The largest absolute Gasteiger partial charge is 0.480 e. The van der Waals surface area contributed by atoms with Crippen LogP contribution < -0.4 is 0 Å². The Labute approximate surface area is 81.1 Å². The molecule has 2 atom stereocenters. The van der Waals surface area contributed by atoms with Gasteiger partial charge in [-0.15, -0.1) is 0 Å². The van der Waals surface area contributed by atoms with Gasteiger partial charge in [-0.25, -0.2) is 4.79 Å². The molecule has 0 spiro atoms. The highest BCUT2D eigenvalue weighted by molar-refractivity contribution is 5.97. The number of aliphatic hydroxyl groups is 1. The summed E-state index contributed by atoms with van der Waals surface area (Å²) in [4.78, 5) is 33.1. The van der Waals surface area contributed by atoms with Crippen LogP contribution in [0.5, 0.6) is 0 Å². The van der Waals surface area contributed by atoms with Crippen LogP contribution in [0.2, 0.25) is 0 Å². The second-order valence-corrected chi connectivity index (χ2v) is 2.93. The summed E-state index contributed by atoms with van der Waals surface area (Å²) < 4.78 is 0. The normalized spacial score (nSPS) is 14.3. The molecular formula is C8H13NO5. The number of imide groups is 1. The van der Waals surface area contributed by atoms with Gasteiger partial charge in [0.1, 0.15) is 0 Å². The third-order valence-electron chi connectivity index (χ3n) is 1.67. The molecule has 0 aliphatic carbocycles. The minimum absolute atomic E-state index is 0.521. The van der Waals surface area contributed by atoms with Crippen molar-refractivity contribution < 1.29 is 24.6 Å². The molecule has 2 N–H and O–H groups in total. The highest BCUT2D eigenvalue weighted by Crippen LogP contribution is 2.06. The monoisotopic (exact) mass is 203 g/mol. The Hall–Kier alpha value is -1.43. The fraction of sp³-hybridized carbons (Fsp3) is 0.625. The first-order chi connectivity index (χ1) is 6.29. The highest BCUT2D eigenvalue weighted by atomic mass is 16.4. The maximum Gasteiger partial charge on any atom is 0.329 e. The number of carboxylic acid groups (broad SMARTS) is 1. The van der Waals surface area contributed by atoms with E-state index in [0.29, 0.717) is 4.90 Å². The van der Waals surface area contributed by atoms with E-state index in [1.165, 1.54) is 6.92 Å². The number of rotatable bonds is 3. The Morgan fingerprint density at radius 1 is 1.14 bits per heavy atom. The van der Waals surface area contributed by atoms with Crippen molar-refractivity contribution in [3.63, 3.8) is 0 Å². The lowest BCUT2D eigenvalue weighted by molar-refractivity contribution is -0.160. The molecule has 2 amide bonds. The van der Waals surface area contributed by atoms with Gasteiger partial charge < -0.3 is 10.2 Å². The SMILES string of the molecule is CC(=O)N(C(C)=O)C(C(=O)O)C(C)O. The average Bonchev–Trinajstić information content (AvgIpc) is 1.96. The van der Waals surface area contributed by atoms with E-state index in [4.69, 9.17) is 10.2 Å². The molecule has 0 rings (SSSR count). The van der Waals surface area contributed by atoms with Crippen LogP contribution in [0.15, 0.2) is 0 Å². The Kier molecular flexibility index (Phi) is 4.23. The topological polar surface area (TPSA) is 94.9 Å². The molecule has 6 heteroatoms. The van der Waals surface area contributed by atoms with E-state index in [0.717, 1.165) is 13.8 Å². The fourth-order valence-electron chi connectivity index (χ4n) is 1.15. The highest BCUT2D eigenvalue weighted by Gasteiger charge is 2.34. The lowest BCUT2D eigenvalue weighted by atomic mass is 10.1. The standard InChI is InChI=1S/C8H13NO5/c1-4(10)7(8(13)14)9(5(2)11)6(3)12/h4,7,10H,1-3H3,(H,13,14). The average molecular weight is 203 g/mol. The number of carbonyl (C=O) groups is 3. The summed E-state index contributed by atoms with van der Waals surface area (Å²) >= 11 is 0. The van der Waals surface area contributed by atoms with Crippen molar-refractivity contribution in [3.8, 4) is 0 Å². The first-order valence-electron chi connectivity index (χ1n) is 4.00. The van der Waals surface area contributed by atoms with E-state index >= 15 is 0 Å². The number of amides is 2. The summed E-state index contributed by atoms with van der Waals surface area (Å²) in [7, 11) is 0. The molecule has 80 valence electrons. The second-order valence-electron chi connectivity index (χ2n) is 2.93. The quantitative estimate of drug-likeness (QED) is 0.627. The van der Waals surface area contributed by atoms with Crippen molar-refractivity contribution in [2.45, 2.75) is 32.9 Å². The van der Waals surface area contributed by atoms with E-state index in [2.05, 4.69) is 0 Å². The number of hydrogen-bond acceptors (Lipinski definition) is 4. The molecule has 0 aliphatic heterocycles. The first kappa shape index (κ1) is 12.6. The summed E-state index contributed by atoms with van der Waals surface area (Å²) in [5, 5.41) is 17.8. The van der Waals surface area contributed by atoms with Gasteiger partial charge >= 0.3 is 5.97 Å².